The largest absolute Gasteiger partial charge is 0.372 e. The Morgan fingerprint density at radius 1 is 1.23 bits per heavy atom. The van der Waals surface area contributed by atoms with Crippen molar-refractivity contribution in [1.29, 1.82) is 0 Å². The number of hydrogen-bond donors (Lipinski definition) is 0. The zero-order chi connectivity index (χ0) is 15.5. The van der Waals surface area contributed by atoms with E-state index in [1.165, 1.54) is 0 Å². The Morgan fingerprint density at radius 3 is 2.77 bits per heavy atom. The van der Waals surface area contributed by atoms with Crippen LogP contribution in [0.3, 0.4) is 0 Å². The fraction of sp³-hybridized carbons (Fsp3) is 0.588. The Kier molecular flexibility index (Phi) is 4.71. The lowest BCUT2D eigenvalue weighted by molar-refractivity contribution is -0.142. The Bertz CT molecular complexity index is 545. The van der Waals surface area contributed by atoms with Gasteiger partial charge in [-0.05, 0) is 43.9 Å². The summed E-state index contributed by atoms with van der Waals surface area (Å²) in [6, 6.07) is 3.37. The third-order valence-corrected chi connectivity index (χ3v) is 4.63. The maximum absolute atomic E-state index is 13.6. The molecule has 1 aliphatic carbocycles. The third-order valence-electron chi connectivity index (χ3n) is 4.63. The van der Waals surface area contributed by atoms with Crippen LogP contribution in [0.15, 0.2) is 18.2 Å². The Hall–Kier alpha value is -1.49. The van der Waals surface area contributed by atoms with Crippen LogP contribution >= 0.6 is 0 Å². The molecule has 1 amide bonds. The first-order valence-electron chi connectivity index (χ1n) is 7.98. The molecule has 22 heavy (non-hydrogen) atoms. The van der Waals surface area contributed by atoms with E-state index in [0.29, 0.717) is 6.54 Å². The molecular weight excluding hydrogens is 288 g/mol. The predicted octanol–water partition coefficient (Wildman–Crippen LogP) is 3.27. The first-order valence-corrected chi connectivity index (χ1v) is 7.98. The molecule has 0 aromatic heterocycles. The molecule has 0 radical (unpaired) electrons. The average molecular weight is 309 g/mol. The highest BCUT2D eigenvalue weighted by molar-refractivity contribution is 5.79. The van der Waals surface area contributed by atoms with Gasteiger partial charge in [-0.1, -0.05) is 6.42 Å². The molecule has 1 unspecified atom stereocenters. The molecule has 3 nitrogen and oxygen atoms in total. The standard InChI is InChI=1S/C17H21F2NO2/c18-14-6-7-16(19)13(9-14)11-22-15-5-2-8-20(10-15)17(21)12-3-1-4-12/h6-7,9,12,15H,1-5,8,10-11H2. The molecular formula is C17H21F2NO2. The van der Waals surface area contributed by atoms with Crippen LogP contribution in [0.5, 0.6) is 0 Å². The van der Waals surface area contributed by atoms with Gasteiger partial charge in [-0.3, -0.25) is 4.79 Å². The maximum atomic E-state index is 13.6. The van der Waals surface area contributed by atoms with Gasteiger partial charge in [0.15, 0.2) is 0 Å². The fourth-order valence-corrected chi connectivity index (χ4v) is 3.05. The number of amides is 1. The van der Waals surface area contributed by atoms with Crippen LogP contribution in [0.1, 0.15) is 37.7 Å². The van der Waals surface area contributed by atoms with Gasteiger partial charge in [0.25, 0.3) is 0 Å². The summed E-state index contributed by atoms with van der Waals surface area (Å²) in [5, 5.41) is 0. The van der Waals surface area contributed by atoms with Gasteiger partial charge < -0.3 is 9.64 Å². The fourth-order valence-electron chi connectivity index (χ4n) is 3.05. The molecule has 1 aromatic rings. The minimum absolute atomic E-state index is 0.0414. The van der Waals surface area contributed by atoms with Gasteiger partial charge >= 0.3 is 0 Å². The van der Waals surface area contributed by atoms with Crippen LogP contribution in [0.25, 0.3) is 0 Å². The number of hydrogen-bond acceptors (Lipinski definition) is 2. The van der Waals surface area contributed by atoms with Crippen molar-refractivity contribution in [3.8, 4) is 0 Å². The average Bonchev–Trinajstić information content (AvgIpc) is 2.47. The van der Waals surface area contributed by atoms with Crippen LogP contribution in [0.4, 0.5) is 8.78 Å². The third kappa shape index (κ3) is 3.46. The molecule has 1 aliphatic heterocycles. The van der Waals surface area contributed by atoms with Gasteiger partial charge in [-0.25, -0.2) is 8.78 Å². The first kappa shape index (κ1) is 15.4. The molecule has 1 aromatic carbocycles. The summed E-state index contributed by atoms with van der Waals surface area (Å²) in [6.07, 6.45) is 4.79. The molecule has 2 aliphatic rings. The number of piperidine rings is 1. The van der Waals surface area contributed by atoms with E-state index in [1.54, 1.807) is 0 Å². The van der Waals surface area contributed by atoms with Crippen molar-refractivity contribution in [2.45, 2.75) is 44.8 Å². The van der Waals surface area contributed by atoms with Gasteiger partial charge in [-0.2, -0.15) is 0 Å². The van der Waals surface area contributed by atoms with Gasteiger partial charge in [0, 0.05) is 24.6 Å². The number of benzene rings is 1. The summed E-state index contributed by atoms with van der Waals surface area (Å²) >= 11 is 0. The lowest BCUT2D eigenvalue weighted by Gasteiger charge is -2.37. The molecule has 0 N–H and O–H groups in total. The van der Waals surface area contributed by atoms with Crippen LogP contribution in [-0.4, -0.2) is 30.0 Å². The van der Waals surface area contributed by atoms with Crippen molar-refractivity contribution in [1.82, 2.24) is 4.90 Å². The molecule has 1 saturated carbocycles. The van der Waals surface area contributed by atoms with Gasteiger partial charge in [0.05, 0.1) is 12.7 Å². The van der Waals surface area contributed by atoms with Crippen LogP contribution in [0, 0.1) is 17.6 Å². The van der Waals surface area contributed by atoms with E-state index in [1.807, 2.05) is 4.90 Å². The highest BCUT2D eigenvalue weighted by atomic mass is 19.1. The smallest absolute Gasteiger partial charge is 0.225 e. The zero-order valence-electron chi connectivity index (χ0n) is 12.6. The molecule has 3 rings (SSSR count). The van der Waals surface area contributed by atoms with Crippen molar-refractivity contribution in [3.05, 3.63) is 35.4 Å². The number of carbonyl (C=O) groups excluding carboxylic acids is 1. The Morgan fingerprint density at radius 2 is 2.05 bits per heavy atom. The molecule has 1 heterocycles. The van der Waals surface area contributed by atoms with E-state index in [0.717, 1.165) is 56.8 Å². The number of carbonyl (C=O) groups is 1. The van der Waals surface area contributed by atoms with Crippen molar-refractivity contribution in [2.75, 3.05) is 13.1 Å². The van der Waals surface area contributed by atoms with Crippen molar-refractivity contribution in [2.24, 2.45) is 5.92 Å². The van der Waals surface area contributed by atoms with E-state index in [-0.39, 0.29) is 30.1 Å². The van der Waals surface area contributed by atoms with E-state index >= 15 is 0 Å². The van der Waals surface area contributed by atoms with Crippen molar-refractivity contribution >= 4 is 5.91 Å². The van der Waals surface area contributed by atoms with E-state index < -0.39 is 11.6 Å². The molecule has 0 bridgehead atoms. The van der Waals surface area contributed by atoms with Crippen molar-refractivity contribution < 1.29 is 18.3 Å². The normalized spacial score (nSPS) is 22.5. The van der Waals surface area contributed by atoms with E-state index in [4.69, 9.17) is 4.74 Å². The summed E-state index contributed by atoms with van der Waals surface area (Å²) in [4.78, 5) is 14.1. The van der Waals surface area contributed by atoms with E-state index in [2.05, 4.69) is 0 Å². The Labute approximate surface area is 129 Å². The SMILES string of the molecule is O=C(C1CCC1)N1CCCC(OCc2cc(F)ccc2F)C1. The topological polar surface area (TPSA) is 29.5 Å². The molecule has 120 valence electrons. The highest BCUT2D eigenvalue weighted by Gasteiger charge is 2.32. The summed E-state index contributed by atoms with van der Waals surface area (Å²) in [6.45, 7) is 1.38. The number of ether oxygens (including phenoxy) is 1. The van der Waals surface area contributed by atoms with Gasteiger partial charge in [0.1, 0.15) is 11.6 Å². The minimum atomic E-state index is -0.467. The molecule has 1 atom stereocenters. The summed E-state index contributed by atoms with van der Waals surface area (Å²) in [7, 11) is 0. The molecule has 1 saturated heterocycles. The van der Waals surface area contributed by atoms with Crippen molar-refractivity contribution in [3.63, 3.8) is 0 Å². The van der Waals surface area contributed by atoms with Crippen LogP contribution in [0.2, 0.25) is 0 Å². The van der Waals surface area contributed by atoms with E-state index in [9.17, 15) is 13.6 Å². The zero-order valence-corrected chi connectivity index (χ0v) is 12.6. The molecule has 0 spiro atoms. The number of likely N-dealkylation sites (tertiary alicyclic amines) is 1. The van der Waals surface area contributed by atoms with Crippen LogP contribution in [-0.2, 0) is 16.1 Å². The maximum Gasteiger partial charge on any atom is 0.225 e. The summed E-state index contributed by atoms with van der Waals surface area (Å²) in [5.41, 5.74) is 0.224. The van der Waals surface area contributed by atoms with Gasteiger partial charge in [-0.15, -0.1) is 0 Å². The minimum Gasteiger partial charge on any atom is -0.372 e. The lowest BCUT2D eigenvalue weighted by atomic mass is 9.84. The monoisotopic (exact) mass is 309 g/mol. The molecule has 5 heteroatoms. The number of nitrogens with zero attached hydrogens (tertiary/aromatic N) is 1. The second kappa shape index (κ2) is 6.73. The summed E-state index contributed by atoms with van der Waals surface area (Å²) < 4.78 is 32.4. The summed E-state index contributed by atoms with van der Waals surface area (Å²) in [5.74, 6) is -0.499. The van der Waals surface area contributed by atoms with Crippen LogP contribution < -0.4 is 0 Å². The quantitative estimate of drug-likeness (QED) is 0.854. The Balaban J connectivity index is 1.54. The highest BCUT2D eigenvalue weighted by Crippen LogP contribution is 2.29. The second-order valence-electron chi connectivity index (χ2n) is 6.22. The second-order valence-corrected chi connectivity index (χ2v) is 6.22. The number of halogens is 2. The lowest BCUT2D eigenvalue weighted by Crippen LogP contribution is -2.46. The number of rotatable bonds is 4. The molecule has 2 fully saturated rings. The van der Waals surface area contributed by atoms with Gasteiger partial charge in [0.2, 0.25) is 5.91 Å². The first-order chi connectivity index (χ1) is 10.6. The predicted molar refractivity (Wildman–Crippen MR) is 78.1 cm³/mol.